The Balaban J connectivity index is 2.18. The smallest absolute Gasteiger partial charge is 0.242 e. The largest absolute Gasteiger partial charge is 0.312 e. The zero-order valence-corrected chi connectivity index (χ0v) is 15.9. The molecule has 4 nitrogen and oxygen atoms in total. The predicted molar refractivity (Wildman–Crippen MR) is 91.1 cm³/mol. The number of sulfonamides is 1. The van der Waals surface area contributed by atoms with E-state index in [2.05, 4.69) is 39.8 Å². The Morgan fingerprint density at radius 2 is 2.19 bits per heavy atom. The molecule has 0 aromatic carbocycles. The second kappa shape index (κ2) is 6.66. The Labute approximate surface area is 139 Å². The summed E-state index contributed by atoms with van der Waals surface area (Å²) in [4.78, 5) is 1.39. The van der Waals surface area contributed by atoms with Crippen LogP contribution >= 0.6 is 27.3 Å². The third-order valence-electron chi connectivity index (χ3n) is 4.10. The Bertz CT molecular complexity index is 596. The SMILES string of the molecule is CCNCc1cc(S(=O)(=O)NC2CCCC2(C)C)c(Br)s1. The molecule has 1 atom stereocenters. The lowest BCUT2D eigenvalue weighted by molar-refractivity contribution is 0.313. The Kier molecular flexibility index (Phi) is 5.52. The van der Waals surface area contributed by atoms with E-state index >= 15 is 0 Å². The van der Waals surface area contributed by atoms with Crippen molar-refractivity contribution in [1.82, 2.24) is 10.0 Å². The fourth-order valence-electron chi connectivity index (χ4n) is 2.71. The monoisotopic (exact) mass is 394 g/mol. The first-order valence-corrected chi connectivity index (χ1v) is 10.4. The molecule has 120 valence electrons. The van der Waals surface area contributed by atoms with Crippen LogP contribution in [-0.2, 0) is 16.6 Å². The van der Waals surface area contributed by atoms with E-state index in [1.54, 1.807) is 6.07 Å². The summed E-state index contributed by atoms with van der Waals surface area (Å²) in [6, 6.07) is 1.79. The number of hydrogen-bond acceptors (Lipinski definition) is 4. The van der Waals surface area contributed by atoms with E-state index in [0.29, 0.717) is 15.2 Å². The minimum Gasteiger partial charge on any atom is -0.312 e. The quantitative estimate of drug-likeness (QED) is 0.776. The van der Waals surface area contributed by atoms with Crippen LogP contribution in [0.15, 0.2) is 14.7 Å². The van der Waals surface area contributed by atoms with Gasteiger partial charge in [-0.15, -0.1) is 11.3 Å². The second-order valence-electron chi connectivity index (χ2n) is 6.19. The molecule has 1 saturated carbocycles. The second-order valence-corrected chi connectivity index (χ2v) is 10.3. The van der Waals surface area contributed by atoms with E-state index in [-0.39, 0.29) is 11.5 Å². The molecule has 1 unspecified atom stereocenters. The van der Waals surface area contributed by atoms with Gasteiger partial charge in [0.15, 0.2) is 0 Å². The van der Waals surface area contributed by atoms with Crippen LogP contribution in [0.3, 0.4) is 0 Å². The maximum atomic E-state index is 12.6. The molecule has 21 heavy (non-hydrogen) atoms. The Hall–Kier alpha value is 0.0500. The zero-order chi connectivity index (χ0) is 15.7. The summed E-state index contributed by atoms with van der Waals surface area (Å²) in [6.07, 6.45) is 3.06. The Morgan fingerprint density at radius 3 is 2.76 bits per heavy atom. The van der Waals surface area contributed by atoms with Crippen LogP contribution < -0.4 is 10.0 Å². The molecule has 1 heterocycles. The van der Waals surface area contributed by atoms with Crippen molar-refractivity contribution in [2.45, 2.75) is 57.5 Å². The average Bonchev–Trinajstić information content (AvgIpc) is 2.90. The summed E-state index contributed by atoms with van der Waals surface area (Å²) in [6.45, 7) is 7.86. The molecular weight excluding hydrogens is 372 g/mol. The number of rotatable bonds is 6. The van der Waals surface area contributed by atoms with Crippen molar-refractivity contribution >= 4 is 37.3 Å². The summed E-state index contributed by atoms with van der Waals surface area (Å²) in [7, 11) is -3.46. The fraction of sp³-hybridized carbons (Fsp3) is 0.714. The van der Waals surface area contributed by atoms with Crippen molar-refractivity contribution < 1.29 is 8.42 Å². The molecule has 0 spiro atoms. The van der Waals surface area contributed by atoms with Gasteiger partial charge < -0.3 is 5.32 Å². The summed E-state index contributed by atoms with van der Waals surface area (Å²) in [5.74, 6) is 0. The van der Waals surface area contributed by atoms with Crippen molar-refractivity contribution in [2.75, 3.05) is 6.54 Å². The highest BCUT2D eigenvalue weighted by atomic mass is 79.9. The first-order chi connectivity index (χ1) is 9.76. The maximum absolute atomic E-state index is 12.6. The lowest BCUT2D eigenvalue weighted by Crippen LogP contribution is -2.41. The molecule has 2 rings (SSSR count). The van der Waals surface area contributed by atoms with Crippen molar-refractivity contribution in [2.24, 2.45) is 5.41 Å². The van der Waals surface area contributed by atoms with Crippen molar-refractivity contribution in [3.8, 4) is 0 Å². The normalized spacial score (nSPS) is 21.8. The molecule has 1 aromatic rings. The minimum absolute atomic E-state index is 0.0199. The molecule has 1 aromatic heterocycles. The standard InChI is InChI=1S/C14H23BrN2O2S2/c1-4-16-9-10-8-11(13(15)20-10)21(18,19)17-12-6-5-7-14(12,2)3/h8,12,16-17H,4-7,9H2,1-3H3. The molecule has 2 N–H and O–H groups in total. The third kappa shape index (κ3) is 4.07. The van der Waals surface area contributed by atoms with Gasteiger partial charge in [0.05, 0.1) is 3.79 Å². The predicted octanol–water partition coefficient (Wildman–Crippen LogP) is 3.48. The highest BCUT2D eigenvalue weighted by Crippen LogP contribution is 2.39. The van der Waals surface area contributed by atoms with Gasteiger partial charge in [-0.3, -0.25) is 0 Å². The number of thiophene rings is 1. The van der Waals surface area contributed by atoms with Crippen molar-refractivity contribution in [3.05, 3.63) is 14.7 Å². The lowest BCUT2D eigenvalue weighted by Gasteiger charge is -2.27. The van der Waals surface area contributed by atoms with Gasteiger partial charge in [-0.25, -0.2) is 13.1 Å². The molecule has 7 heteroatoms. The number of halogens is 1. The third-order valence-corrected chi connectivity index (χ3v) is 7.82. The molecule has 0 radical (unpaired) electrons. The van der Waals surface area contributed by atoms with Gasteiger partial charge in [-0.05, 0) is 46.8 Å². The minimum atomic E-state index is -3.46. The van der Waals surface area contributed by atoms with E-state index in [0.717, 1.165) is 30.7 Å². The molecule has 1 fully saturated rings. The van der Waals surface area contributed by atoms with E-state index in [1.807, 2.05) is 6.92 Å². The highest BCUT2D eigenvalue weighted by molar-refractivity contribution is 9.11. The molecule has 1 aliphatic carbocycles. The summed E-state index contributed by atoms with van der Waals surface area (Å²) in [5.41, 5.74) is 0.0299. The number of nitrogens with one attached hydrogen (secondary N) is 2. The van der Waals surface area contributed by atoms with Gasteiger partial charge in [-0.2, -0.15) is 0 Å². The van der Waals surface area contributed by atoms with Crippen LogP contribution in [0.5, 0.6) is 0 Å². The van der Waals surface area contributed by atoms with E-state index < -0.39 is 10.0 Å². The van der Waals surface area contributed by atoms with Crippen LogP contribution in [-0.4, -0.2) is 21.0 Å². The van der Waals surface area contributed by atoms with Gasteiger partial charge in [-0.1, -0.05) is 27.2 Å². The van der Waals surface area contributed by atoms with Gasteiger partial charge in [0.2, 0.25) is 10.0 Å². The summed E-state index contributed by atoms with van der Waals surface area (Å²) in [5, 5.41) is 3.22. The van der Waals surface area contributed by atoms with Gasteiger partial charge in [0.1, 0.15) is 4.90 Å². The average molecular weight is 395 g/mol. The van der Waals surface area contributed by atoms with Crippen molar-refractivity contribution in [1.29, 1.82) is 0 Å². The van der Waals surface area contributed by atoms with Crippen LogP contribution in [0.4, 0.5) is 0 Å². The molecular formula is C14H23BrN2O2S2. The first-order valence-electron chi connectivity index (χ1n) is 7.27. The van der Waals surface area contributed by atoms with Gasteiger partial charge in [0, 0.05) is 17.5 Å². The van der Waals surface area contributed by atoms with Crippen LogP contribution in [0.1, 0.15) is 44.9 Å². The molecule has 0 bridgehead atoms. The molecule has 0 saturated heterocycles. The van der Waals surface area contributed by atoms with Gasteiger partial charge >= 0.3 is 0 Å². The first kappa shape index (κ1) is 17.4. The topological polar surface area (TPSA) is 58.2 Å². The van der Waals surface area contributed by atoms with Crippen LogP contribution in [0.2, 0.25) is 0 Å². The summed E-state index contributed by atoms with van der Waals surface area (Å²) < 4.78 is 28.8. The fourth-order valence-corrected chi connectivity index (χ4v) is 6.81. The van der Waals surface area contributed by atoms with Gasteiger partial charge in [0.25, 0.3) is 0 Å². The molecule has 0 aliphatic heterocycles. The van der Waals surface area contributed by atoms with Crippen LogP contribution in [0, 0.1) is 5.41 Å². The highest BCUT2D eigenvalue weighted by Gasteiger charge is 2.37. The molecule has 0 amide bonds. The lowest BCUT2D eigenvalue weighted by atomic mass is 9.88. The van der Waals surface area contributed by atoms with Crippen LogP contribution in [0.25, 0.3) is 0 Å². The number of hydrogen-bond donors (Lipinski definition) is 2. The Morgan fingerprint density at radius 1 is 1.48 bits per heavy atom. The van der Waals surface area contributed by atoms with E-state index in [9.17, 15) is 8.42 Å². The van der Waals surface area contributed by atoms with Crippen molar-refractivity contribution in [3.63, 3.8) is 0 Å². The molecule has 1 aliphatic rings. The zero-order valence-electron chi connectivity index (χ0n) is 12.7. The summed E-state index contributed by atoms with van der Waals surface area (Å²) >= 11 is 4.87. The van der Waals surface area contributed by atoms with E-state index in [4.69, 9.17) is 0 Å². The van der Waals surface area contributed by atoms with E-state index in [1.165, 1.54) is 11.3 Å². The maximum Gasteiger partial charge on any atom is 0.242 e.